The van der Waals surface area contributed by atoms with Gasteiger partial charge in [-0.25, -0.2) is 9.37 Å². The van der Waals surface area contributed by atoms with E-state index in [1.807, 2.05) is 17.5 Å². The van der Waals surface area contributed by atoms with Gasteiger partial charge in [0.05, 0.1) is 25.3 Å². The zero-order valence-corrected chi connectivity index (χ0v) is 18.3. The second kappa shape index (κ2) is 10.0. The van der Waals surface area contributed by atoms with Gasteiger partial charge in [-0.2, -0.15) is 0 Å². The third-order valence-electron chi connectivity index (χ3n) is 5.56. The molecule has 1 unspecified atom stereocenters. The number of nitrogens with zero attached hydrogens (tertiary/aromatic N) is 2. The van der Waals surface area contributed by atoms with Crippen LogP contribution in [-0.4, -0.2) is 42.5 Å². The van der Waals surface area contributed by atoms with Gasteiger partial charge < -0.3 is 10.1 Å². The number of hydrogen-bond acceptors (Lipinski definition) is 5. The van der Waals surface area contributed by atoms with Crippen LogP contribution >= 0.6 is 11.3 Å². The fourth-order valence-corrected chi connectivity index (χ4v) is 4.71. The Bertz CT molecular complexity index is 998. The lowest BCUT2D eigenvalue weighted by atomic mass is 10.1. The molecule has 0 saturated carbocycles. The van der Waals surface area contributed by atoms with Crippen LogP contribution in [0.1, 0.15) is 30.1 Å². The third kappa shape index (κ3) is 5.48. The Morgan fingerprint density at radius 1 is 1.16 bits per heavy atom. The van der Waals surface area contributed by atoms with Gasteiger partial charge in [0, 0.05) is 17.5 Å². The highest BCUT2D eigenvalue weighted by Crippen LogP contribution is 2.27. The minimum atomic E-state index is -0.274. The average molecular weight is 440 g/mol. The number of hydrogen-bond donors (Lipinski definition) is 1. The van der Waals surface area contributed by atoms with Gasteiger partial charge in [-0.3, -0.25) is 9.69 Å². The van der Waals surface area contributed by atoms with Gasteiger partial charge >= 0.3 is 0 Å². The highest BCUT2D eigenvalue weighted by Gasteiger charge is 2.24. The molecular weight excluding hydrogens is 413 g/mol. The number of rotatable bonds is 8. The van der Waals surface area contributed by atoms with Crippen LogP contribution in [0.5, 0.6) is 5.75 Å². The van der Waals surface area contributed by atoms with E-state index in [-0.39, 0.29) is 24.2 Å². The summed E-state index contributed by atoms with van der Waals surface area (Å²) in [6.07, 6.45) is 2.60. The van der Waals surface area contributed by atoms with Crippen LogP contribution in [0.3, 0.4) is 0 Å². The van der Waals surface area contributed by atoms with E-state index in [1.54, 1.807) is 19.2 Å². The lowest BCUT2D eigenvalue weighted by Crippen LogP contribution is -2.37. The van der Waals surface area contributed by atoms with E-state index in [1.165, 1.54) is 41.9 Å². The predicted molar refractivity (Wildman–Crippen MR) is 121 cm³/mol. The molecule has 4 rings (SSSR count). The topological polar surface area (TPSA) is 54.5 Å². The monoisotopic (exact) mass is 439 g/mol. The minimum absolute atomic E-state index is 0.0475. The number of benzene rings is 2. The average Bonchev–Trinajstić information content (AvgIpc) is 3.48. The van der Waals surface area contributed by atoms with E-state index in [4.69, 9.17) is 4.74 Å². The summed E-state index contributed by atoms with van der Waals surface area (Å²) in [5.74, 6) is 0.506. The zero-order valence-electron chi connectivity index (χ0n) is 17.5. The van der Waals surface area contributed by atoms with Gasteiger partial charge in [0.15, 0.2) is 0 Å². The molecule has 1 N–H and O–H groups in total. The molecule has 5 nitrogen and oxygen atoms in total. The molecule has 7 heteroatoms. The Hall–Kier alpha value is -2.77. The molecule has 1 aromatic heterocycles. The largest absolute Gasteiger partial charge is 0.497 e. The minimum Gasteiger partial charge on any atom is -0.497 e. The molecule has 1 saturated heterocycles. The number of aromatic nitrogens is 1. The maximum absolute atomic E-state index is 13.1. The summed E-state index contributed by atoms with van der Waals surface area (Å²) in [6, 6.07) is 14.5. The first-order valence-corrected chi connectivity index (χ1v) is 11.4. The summed E-state index contributed by atoms with van der Waals surface area (Å²) in [4.78, 5) is 19.6. The first-order valence-electron chi connectivity index (χ1n) is 10.5. The molecule has 0 bridgehead atoms. The van der Waals surface area contributed by atoms with Crippen molar-refractivity contribution in [2.24, 2.45) is 0 Å². The number of amides is 1. The van der Waals surface area contributed by atoms with Gasteiger partial charge in [0.2, 0.25) is 5.91 Å². The number of carbonyl (C=O) groups excluding carboxylic acids is 1. The van der Waals surface area contributed by atoms with Crippen molar-refractivity contribution in [3.63, 3.8) is 0 Å². The summed E-state index contributed by atoms with van der Waals surface area (Å²) in [5, 5.41) is 5.77. The second-order valence-corrected chi connectivity index (χ2v) is 8.52. The number of likely N-dealkylation sites (tertiary alicyclic amines) is 1. The number of carbonyl (C=O) groups is 1. The van der Waals surface area contributed by atoms with Crippen LogP contribution in [0.4, 0.5) is 4.39 Å². The molecule has 2 heterocycles. The van der Waals surface area contributed by atoms with Crippen LogP contribution in [0, 0.1) is 5.82 Å². The number of halogens is 1. The summed E-state index contributed by atoms with van der Waals surface area (Å²) >= 11 is 1.46. The molecule has 1 aliphatic heterocycles. The second-order valence-electron chi connectivity index (χ2n) is 7.66. The van der Waals surface area contributed by atoms with E-state index in [0.29, 0.717) is 6.54 Å². The van der Waals surface area contributed by atoms with E-state index < -0.39 is 0 Å². The Balaban J connectivity index is 1.38. The van der Waals surface area contributed by atoms with Crippen molar-refractivity contribution in [1.82, 2.24) is 15.2 Å². The molecule has 1 aliphatic rings. The molecular formula is C24H26FN3O2S. The number of ether oxygens (including phenoxy) is 1. The smallest absolute Gasteiger partial charge is 0.226 e. The van der Waals surface area contributed by atoms with Crippen molar-refractivity contribution in [1.29, 1.82) is 0 Å². The fourth-order valence-electron chi connectivity index (χ4n) is 3.89. The Labute approximate surface area is 185 Å². The summed E-state index contributed by atoms with van der Waals surface area (Å²) in [7, 11) is 1.66. The van der Waals surface area contributed by atoms with E-state index in [2.05, 4.69) is 27.3 Å². The summed E-state index contributed by atoms with van der Waals surface area (Å²) in [6.45, 7) is 2.64. The maximum atomic E-state index is 13.1. The molecule has 162 valence electrons. The molecule has 1 amide bonds. The maximum Gasteiger partial charge on any atom is 0.226 e. The standard InChI is InChI=1S/C24H26FN3O2S/c1-30-21-10-6-17(7-11-21)22(28-12-2-3-13-28)15-26-23(29)14-20-16-31-24(27-20)18-4-8-19(25)9-5-18/h4-11,16,22H,2-3,12-15H2,1H3,(H,26,29). The van der Waals surface area contributed by atoms with Crippen LogP contribution in [0.2, 0.25) is 0 Å². The SMILES string of the molecule is COc1ccc(C(CNC(=O)Cc2csc(-c3ccc(F)cc3)n2)N2CCCC2)cc1. The van der Waals surface area contributed by atoms with Crippen molar-refractivity contribution in [2.45, 2.75) is 25.3 Å². The lowest BCUT2D eigenvalue weighted by Gasteiger charge is -2.28. The molecule has 31 heavy (non-hydrogen) atoms. The number of thiazole rings is 1. The van der Waals surface area contributed by atoms with Crippen LogP contribution in [0.25, 0.3) is 10.6 Å². The highest BCUT2D eigenvalue weighted by atomic mass is 32.1. The van der Waals surface area contributed by atoms with Gasteiger partial charge in [-0.1, -0.05) is 12.1 Å². The van der Waals surface area contributed by atoms with Crippen molar-refractivity contribution in [2.75, 3.05) is 26.7 Å². The normalized spacial score (nSPS) is 15.0. The van der Waals surface area contributed by atoms with Gasteiger partial charge in [-0.15, -0.1) is 11.3 Å². The van der Waals surface area contributed by atoms with Crippen LogP contribution in [0.15, 0.2) is 53.9 Å². The molecule has 0 radical (unpaired) electrons. The van der Waals surface area contributed by atoms with Gasteiger partial charge in [0.1, 0.15) is 16.6 Å². The first kappa shape index (κ1) is 21.5. The Morgan fingerprint density at radius 2 is 1.87 bits per heavy atom. The third-order valence-corrected chi connectivity index (χ3v) is 6.50. The molecule has 0 aliphatic carbocycles. The predicted octanol–water partition coefficient (Wildman–Crippen LogP) is 4.45. The Kier molecular flexibility index (Phi) is 6.94. The molecule has 0 spiro atoms. The van der Waals surface area contributed by atoms with Gasteiger partial charge in [-0.05, 0) is 67.9 Å². The molecule has 3 aromatic rings. The van der Waals surface area contributed by atoms with Crippen molar-refractivity contribution in [3.8, 4) is 16.3 Å². The first-order chi connectivity index (χ1) is 15.1. The molecule has 1 atom stereocenters. The fraction of sp³-hybridized carbons (Fsp3) is 0.333. The van der Waals surface area contributed by atoms with Crippen molar-refractivity contribution < 1.29 is 13.9 Å². The lowest BCUT2D eigenvalue weighted by molar-refractivity contribution is -0.120. The highest BCUT2D eigenvalue weighted by molar-refractivity contribution is 7.13. The van der Waals surface area contributed by atoms with E-state index in [0.717, 1.165) is 35.1 Å². The van der Waals surface area contributed by atoms with Crippen molar-refractivity contribution in [3.05, 3.63) is 71.0 Å². The van der Waals surface area contributed by atoms with Crippen molar-refractivity contribution >= 4 is 17.2 Å². The molecule has 1 fully saturated rings. The number of nitrogens with one attached hydrogen (secondary N) is 1. The zero-order chi connectivity index (χ0) is 21.6. The van der Waals surface area contributed by atoms with E-state index in [9.17, 15) is 9.18 Å². The quantitative estimate of drug-likeness (QED) is 0.563. The number of methoxy groups -OCH3 is 1. The van der Waals surface area contributed by atoms with E-state index >= 15 is 0 Å². The summed E-state index contributed by atoms with van der Waals surface area (Å²) in [5.41, 5.74) is 2.76. The van der Waals surface area contributed by atoms with Crippen LogP contribution < -0.4 is 10.1 Å². The molecule has 2 aromatic carbocycles. The Morgan fingerprint density at radius 3 is 2.55 bits per heavy atom. The van der Waals surface area contributed by atoms with Gasteiger partial charge in [0.25, 0.3) is 0 Å². The summed E-state index contributed by atoms with van der Waals surface area (Å²) < 4.78 is 18.4. The van der Waals surface area contributed by atoms with Crippen LogP contribution in [-0.2, 0) is 11.2 Å².